The van der Waals surface area contributed by atoms with E-state index in [0.29, 0.717) is 6.54 Å². The van der Waals surface area contributed by atoms with Gasteiger partial charge < -0.3 is 4.74 Å². The fraction of sp³-hybridized carbons (Fsp3) is 0.556. The van der Waals surface area contributed by atoms with Crippen LogP contribution < -0.4 is 0 Å². The van der Waals surface area contributed by atoms with E-state index >= 15 is 0 Å². The van der Waals surface area contributed by atoms with Gasteiger partial charge in [-0.3, -0.25) is 4.68 Å². The van der Waals surface area contributed by atoms with E-state index in [1.54, 1.807) is 11.6 Å². The van der Waals surface area contributed by atoms with Gasteiger partial charge in [0.1, 0.15) is 0 Å². The van der Waals surface area contributed by atoms with E-state index in [4.69, 9.17) is 0 Å². The maximum atomic E-state index is 13.3. The number of alkyl halides is 1. The molecule has 1 rings (SSSR count). The average Bonchev–Trinajstić information content (AvgIpc) is 2.65. The van der Waals surface area contributed by atoms with Gasteiger partial charge in [-0.25, -0.2) is 9.18 Å². The SMILES string of the molecule is CCOC(=O)C(F)c1cnn(CC)c1. The molecule has 0 spiro atoms. The standard InChI is InChI=1S/C9H13FN2O2/c1-3-12-6-7(5-11-12)8(10)9(13)14-4-2/h5-6,8H,3-4H2,1-2H3. The predicted octanol–water partition coefficient (Wildman–Crippen LogP) is 1.48. The zero-order chi connectivity index (χ0) is 10.6. The van der Waals surface area contributed by atoms with Crippen LogP contribution in [0.1, 0.15) is 25.6 Å². The molecular formula is C9H13FN2O2. The molecule has 0 aromatic carbocycles. The number of ether oxygens (including phenoxy) is 1. The molecule has 1 aromatic heterocycles. The summed E-state index contributed by atoms with van der Waals surface area (Å²) in [4.78, 5) is 11.0. The van der Waals surface area contributed by atoms with Gasteiger partial charge >= 0.3 is 5.97 Å². The number of hydrogen-bond donors (Lipinski definition) is 0. The number of hydrogen-bond acceptors (Lipinski definition) is 3. The van der Waals surface area contributed by atoms with Crippen molar-refractivity contribution in [1.29, 1.82) is 0 Å². The Kier molecular flexibility index (Phi) is 3.62. The van der Waals surface area contributed by atoms with Gasteiger partial charge in [-0.2, -0.15) is 5.10 Å². The molecular weight excluding hydrogens is 187 g/mol. The van der Waals surface area contributed by atoms with Crippen LogP contribution in [-0.2, 0) is 16.1 Å². The van der Waals surface area contributed by atoms with Crippen LogP contribution in [0.4, 0.5) is 4.39 Å². The Bertz CT molecular complexity index is 312. The largest absolute Gasteiger partial charge is 0.464 e. The molecule has 1 unspecified atom stereocenters. The Morgan fingerprint density at radius 1 is 1.71 bits per heavy atom. The third-order valence-corrected chi connectivity index (χ3v) is 1.76. The van der Waals surface area contributed by atoms with E-state index in [9.17, 15) is 9.18 Å². The number of aromatic nitrogens is 2. The molecule has 78 valence electrons. The minimum Gasteiger partial charge on any atom is -0.464 e. The summed E-state index contributed by atoms with van der Waals surface area (Å²) in [6, 6.07) is 0. The normalized spacial score (nSPS) is 12.5. The summed E-state index contributed by atoms with van der Waals surface area (Å²) in [7, 11) is 0. The van der Waals surface area contributed by atoms with Crippen LogP contribution in [0.3, 0.4) is 0 Å². The maximum absolute atomic E-state index is 13.3. The van der Waals surface area contributed by atoms with Crippen LogP contribution in [0.5, 0.6) is 0 Å². The molecule has 0 amide bonds. The maximum Gasteiger partial charge on any atom is 0.345 e. The molecule has 1 atom stereocenters. The third kappa shape index (κ3) is 2.31. The topological polar surface area (TPSA) is 44.1 Å². The molecule has 0 saturated heterocycles. The summed E-state index contributed by atoms with van der Waals surface area (Å²) in [6.45, 7) is 4.35. The smallest absolute Gasteiger partial charge is 0.345 e. The predicted molar refractivity (Wildman–Crippen MR) is 48.4 cm³/mol. The number of halogens is 1. The van der Waals surface area contributed by atoms with Crippen LogP contribution in [0.15, 0.2) is 12.4 Å². The van der Waals surface area contributed by atoms with Crippen molar-refractivity contribution in [2.45, 2.75) is 26.6 Å². The molecule has 0 bridgehead atoms. The van der Waals surface area contributed by atoms with Gasteiger partial charge in [0.25, 0.3) is 0 Å². The minimum atomic E-state index is -1.73. The Morgan fingerprint density at radius 3 is 2.93 bits per heavy atom. The van der Waals surface area contributed by atoms with Crippen molar-refractivity contribution in [3.63, 3.8) is 0 Å². The van der Waals surface area contributed by atoms with E-state index in [2.05, 4.69) is 9.84 Å². The molecule has 14 heavy (non-hydrogen) atoms. The molecule has 1 aromatic rings. The molecule has 0 radical (unpaired) electrons. The molecule has 1 heterocycles. The number of nitrogens with zero attached hydrogens (tertiary/aromatic N) is 2. The molecule has 4 nitrogen and oxygen atoms in total. The fourth-order valence-electron chi connectivity index (χ4n) is 1.03. The number of rotatable bonds is 4. The van der Waals surface area contributed by atoms with Gasteiger partial charge in [-0.05, 0) is 13.8 Å². The van der Waals surface area contributed by atoms with E-state index in [1.165, 1.54) is 12.4 Å². The first-order valence-electron chi connectivity index (χ1n) is 4.52. The zero-order valence-corrected chi connectivity index (χ0v) is 8.24. The van der Waals surface area contributed by atoms with E-state index in [0.717, 1.165) is 0 Å². The van der Waals surface area contributed by atoms with Crippen LogP contribution in [0, 0.1) is 0 Å². The Morgan fingerprint density at radius 2 is 2.43 bits per heavy atom. The van der Waals surface area contributed by atoms with E-state index in [1.807, 2.05) is 6.92 Å². The Hall–Kier alpha value is -1.39. The highest BCUT2D eigenvalue weighted by Crippen LogP contribution is 2.17. The van der Waals surface area contributed by atoms with Crippen LogP contribution in [-0.4, -0.2) is 22.4 Å². The molecule has 0 fully saturated rings. The lowest BCUT2D eigenvalue weighted by Crippen LogP contribution is -2.11. The number of esters is 1. The number of carbonyl (C=O) groups excluding carboxylic acids is 1. The summed E-state index contributed by atoms with van der Waals surface area (Å²) in [5, 5.41) is 3.87. The second-order valence-electron chi connectivity index (χ2n) is 2.74. The lowest BCUT2D eigenvalue weighted by atomic mass is 10.2. The van der Waals surface area contributed by atoms with Crippen molar-refractivity contribution in [3.05, 3.63) is 18.0 Å². The highest BCUT2D eigenvalue weighted by atomic mass is 19.1. The lowest BCUT2D eigenvalue weighted by Gasteiger charge is -2.04. The summed E-state index contributed by atoms with van der Waals surface area (Å²) in [6.07, 6.45) is 1.11. The summed E-state index contributed by atoms with van der Waals surface area (Å²) >= 11 is 0. The lowest BCUT2D eigenvalue weighted by molar-refractivity contribution is -0.149. The quantitative estimate of drug-likeness (QED) is 0.691. The van der Waals surface area contributed by atoms with Crippen molar-refractivity contribution in [3.8, 4) is 0 Å². The number of aryl methyl sites for hydroxylation is 1. The Balaban J connectivity index is 2.68. The Labute approximate surface area is 81.7 Å². The summed E-state index contributed by atoms with van der Waals surface area (Å²) in [5.41, 5.74) is 0.241. The van der Waals surface area contributed by atoms with Gasteiger partial charge in [-0.1, -0.05) is 0 Å². The van der Waals surface area contributed by atoms with Gasteiger partial charge in [0.05, 0.1) is 12.8 Å². The second-order valence-corrected chi connectivity index (χ2v) is 2.74. The van der Waals surface area contributed by atoms with Crippen molar-refractivity contribution < 1.29 is 13.9 Å². The van der Waals surface area contributed by atoms with Crippen LogP contribution in [0.25, 0.3) is 0 Å². The zero-order valence-electron chi connectivity index (χ0n) is 8.24. The van der Waals surface area contributed by atoms with Crippen LogP contribution in [0.2, 0.25) is 0 Å². The highest BCUT2D eigenvalue weighted by Gasteiger charge is 2.22. The van der Waals surface area contributed by atoms with Crippen molar-refractivity contribution in [2.24, 2.45) is 0 Å². The molecule has 0 aliphatic heterocycles. The first kappa shape index (κ1) is 10.7. The monoisotopic (exact) mass is 200 g/mol. The first-order valence-corrected chi connectivity index (χ1v) is 4.52. The first-order chi connectivity index (χ1) is 6.69. The molecule has 0 aliphatic carbocycles. The third-order valence-electron chi connectivity index (χ3n) is 1.76. The van der Waals surface area contributed by atoms with E-state index in [-0.39, 0.29) is 12.2 Å². The second kappa shape index (κ2) is 4.74. The molecule has 0 aliphatic rings. The average molecular weight is 200 g/mol. The van der Waals surface area contributed by atoms with E-state index < -0.39 is 12.1 Å². The number of carbonyl (C=O) groups is 1. The van der Waals surface area contributed by atoms with Gasteiger partial charge in [-0.15, -0.1) is 0 Å². The minimum absolute atomic E-state index is 0.182. The van der Waals surface area contributed by atoms with Crippen molar-refractivity contribution in [2.75, 3.05) is 6.61 Å². The van der Waals surface area contributed by atoms with Gasteiger partial charge in [0.15, 0.2) is 0 Å². The molecule has 0 saturated carbocycles. The molecule has 0 N–H and O–H groups in total. The fourth-order valence-corrected chi connectivity index (χ4v) is 1.03. The van der Waals surface area contributed by atoms with Gasteiger partial charge in [0, 0.05) is 18.3 Å². The molecule has 5 heteroatoms. The van der Waals surface area contributed by atoms with Crippen LogP contribution >= 0.6 is 0 Å². The highest BCUT2D eigenvalue weighted by molar-refractivity contribution is 5.76. The summed E-state index contributed by atoms with van der Waals surface area (Å²) in [5.74, 6) is -0.858. The van der Waals surface area contributed by atoms with Crippen molar-refractivity contribution in [1.82, 2.24) is 9.78 Å². The van der Waals surface area contributed by atoms with Crippen molar-refractivity contribution >= 4 is 5.97 Å². The van der Waals surface area contributed by atoms with Gasteiger partial charge in [0.2, 0.25) is 6.17 Å². The summed E-state index contributed by atoms with van der Waals surface area (Å²) < 4.78 is 19.4.